The summed E-state index contributed by atoms with van der Waals surface area (Å²) in [5, 5.41) is 9.92. The number of fused-ring (bicyclic) bond motifs is 1. The van der Waals surface area contributed by atoms with E-state index in [0.717, 1.165) is 17.0 Å². The summed E-state index contributed by atoms with van der Waals surface area (Å²) in [6.45, 7) is 5.44. The summed E-state index contributed by atoms with van der Waals surface area (Å²) >= 11 is 0. The molecule has 2 heterocycles. The molecule has 0 bridgehead atoms. The fourth-order valence-corrected chi connectivity index (χ4v) is 1.64. The molecule has 0 fully saturated rings. The molecule has 0 radical (unpaired) electrons. The van der Waals surface area contributed by atoms with E-state index < -0.39 is 5.60 Å². The standard InChI is InChI=1S/C11H14N2O/c1-8-12-10(11(2,3)14)9-6-4-5-7-13(8)9/h4-7,14H,1-3H3. The van der Waals surface area contributed by atoms with Crippen LogP contribution in [0.3, 0.4) is 0 Å². The maximum Gasteiger partial charge on any atom is 0.110 e. The second kappa shape index (κ2) is 2.82. The van der Waals surface area contributed by atoms with Gasteiger partial charge in [0.2, 0.25) is 0 Å². The van der Waals surface area contributed by atoms with Crippen molar-refractivity contribution in [3.05, 3.63) is 35.9 Å². The number of pyridine rings is 1. The van der Waals surface area contributed by atoms with Gasteiger partial charge in [0.05, 0.1) is 11.2 Å². The Morgan fingerprint density at radius 2 is 2.07 bits per heavy atom. The lowest BCUT2D eigenvalue weighted by Gasteiger charge is -2.14. The zero-order valence-corrected chi connectivity index (χ0v) is 8.65. The molecule has 0 aliphatic heterocycles. The number of nitrogens with zero attached hydrogens (tertiary/aromatic N) is 2. The lowest BCUT2D eigenvalue weighted by Crippen LogP contribution is -2.16. The molecule has 2 aromatic heterocycles. The molecule has 0 spiro atoms. The fourth-order valence-electron chi connectivity index (χ4n) is 1.64. The fraction of sp³-hybridized carbons (Fsp3) is 0.364. The molecule has 0 aliphatic carbocycles. The van der Waals surface area contributed by atoms with Gasteiger partial charge >= 0.3 is 0 Å². The summed E-state index contributed by atoms with van der Waals surface area (Å²) in [5.41, 5.74) is 0.814. The predicted octanol–water partition coefficient (Wildman–Crippen LogP) is 1.87. The van der Waals surface area contributed by atoms with Crippen LogP contribution in [0.4, 0.5) is 0 Å². The normalized spacial score (nSPS) is 12.3. The number of aryl methyl sites for hydroxylation is 1. The minimum Gasteiger partial charge on any atom is -0.384 e. The molecule has 0 saturated carbocycles. The van der Waals surface area contributed by atoms with Crippen molar-refractivity contribution in [3.63, 3.8) is 0 Å². The molecule has 2 aromatic rings. The summed E-state index contributed by atoms with van der Waals surface area (Å²) in [6, 6.07) is 5.87. The third-order valence-corrected chi connectivity index (χ3v) is 2.30. The van der Waals surface area contributed by atoms with Crippen LogP contribution in [0.2, 0.25) is 0 Å². The minimum atomic E-state index is -0.888. The quantitative estimate of drug-likeness (QED) is 0.745. The average molecular weight is 190 g/mol. The Labute approximate surface area is 83.0 Å². The molecule has 0 aliphatic rings. The van der Waals surface area contributed by atoms with Gasteiger partial charge in [-0.25, -0.2) is 4.98 Å². The Hall–Kier alpha value is -1.35. The highest BCUT2D eigenvalue weighted by Gasteiger charge is 2.22. The Morgan fingerprint density at radius 1 is 1.36 bits per heavy atom. The van der Waals surface area contributed by atoms with Gasteiger partial charge in [0.25, 0.3) is 0 Å². The average Bonchev–Trinajstić information content (AvgIpc) is 2.44. The number of imidazole rings is 1. The number of aromatic nitrogens is 2. The van der Waals surface area contributed by atoms with E-state index in [1.54, 1.807) is 13.8 Å². The molecule has 1 N–H and O–H groups in total. The molecular formula is C11H14N2O. The summed E-state index contributed by atoms with van der Waals surface area (Å²) in [6.07, 6.45) is 1.95. The molecular weight excluding hydrogens is 176 g/mol. The van der Waals surface area contributed by atoms with Crippen molar-refractivity contribution in [1.29, 1.82) is 0 Å². The SMILES string of the molecule is Cc1nc(C(C)(C)O)c2ccccn12. The van der Waals surface area contributed by atoms with E-state index in [1.807, 2.05) is 35.7 Å². The van der Waals surface area contributed by atoms with Gasteiger partial charge in [0.1, 0.15) is 11.4 Å². The molecule has 0 atom stereocenters. The van der Waals surface area contributed by atoms with Crippen LogP contribution in [0.1, 0.15) is 25.4 Å². The molecule has 0 amide bonds. The third-order valence-electron chi connectivity index (χ3n) is 2.30. The van der Waals surface area contributed by atoms with Crippen molar-refractivity contribution < 1.29 is 5.11 Å². The van der Waals surface area contributed by atoms with Gasteiger partial charge in [-0.15, -0.1) is 0 Å². The number of hydrogen-bond acceptors (Lipinski definition) is 2. The third kappa shape index (κ3) is 1.30. The zero-order valence-electron chi connectivity index (χ0n) is 8.65. The number of hydrogen-bond donors (Lipinski definition) is 1. The highest BCUT2D eigenvalue weighted by molar-refractivity contribution is 5.55. The molecule has 3 heteroatoms. The Bertz CT molecular complexity index is 466. The zero-order chi connectivity index (χ0) is 10.3. The number of rotatable bonds is 1. The topological polar surface area (TPSA) is 37.5 Å². The van der Waals surface area contributed by atoms with Crippen LogP contribution in [0.5, 0.6) is 0 Å². The van der Waals surface area contributed by atoms with E-state index in [-0.39, 0.29) is 0 Å². The van der Waals surface area contributed by atoms with Crippen LogP contribution >= 0.6 is 0 Å². The van der Waals surface area contributed by atoms with Gasteiger partial charge in [0.15, 0.2) is 0 Å². The Morgan fingerprint density at radius 3 is 2.71 bits per heavy atom. The highest BCUT2D eigenvalue weighted by Crippen LogP contribution is 2.24. The smallest absolute Gasteiger partial charge is 0.110 e. The van der Waals surface area contributed by atoms with Crippen LogP contribution in [-0.2, 0) is 5.60 Å². The van der Waals surface area contributed by atoms with Crippen molar-refractivity contribution in [2.75, 3.05) is 0 Å². The second-order valence-electron chi connectivity index (χ2n) is 4.02. The van der Waals surface area contributed by atoms with Gasteiger partial charge in [0, 0.05) is 6.20 Å². The Balaban J connectivity index is 2.80. The molecule has 74 valence electrons. The predicted molar refractivity (Wildman–Crippen MR) is 55.2 cm³/mol. The lowest BCUT2D eigenvalue weighted by molar-refractivity contribution is 0.0758. The van der Waals surface area contributed by atoms with Crippen molar-refractivity contribution in [2.45, 2.75) is 26.4 Å². The van der Waals surface area contributed by atoms with E-state index in [2.05, 4.69) is 4.98 Å². The first kappa shape index (κ1) is 9.21. The molecule has 0 unspecified atom stereocenters. The largest absolute Gasteiger partial charge is 0.384 e. The van der Waals surface area contributed by atoms with Crippen LogP contribution < -0.4 is 0 Å². The van der Waals surface area contributed by atoms with Gasteiger partial charge in [-0.2, -0.15) is 0 Å². The van der Waals surface area contributed by atoms with E-state index in [1.165, 1.54) is 0 Å². The van der Waals surface area contributed by atoms with E-state index in [9.17, 15) is 5.11 Å². The summed E-state index contributed by atoms with van der Waals surface area (Å²) in [4.78, 5) is 4.37. The molecule has 2 rings (SSSR count). The van der Waals surface area contributed by atoms with Crippen LogP contribution in [0.25, 0.3) is 5.52 Å². The van der Waals surface area contributed by atoms with Crippen molar-refractivity contribution in [2.24, 2.45) is 0 Å². The maximum absolute atomic E-state index is 9.92. The number of aliphatic hydroxyl groups is 1. The van der Waals surface area contributed by atoms with Crippen molar-refractivity contribution in [3.8, 4) is 0 Å². The van der Waals surface area contributed by atoms with Crippen molar-refractivity contribution >= 4 is 5.52 Å². The lowest BCUT2D eigenvalue weighted by atomic mass is 10.0. The first-order valence-electron chi connectivity index (χ1n) is 4.66. The van der Waals surface area contributed by atoms with Gasteiger partial charge in [-0.1, -0.05) is 6.07 Å². The summed E-state index contributed by atoms with van der Waals surface area (Å²) in [5.74, 6) is 0.901. The van der Waals surface area contributed by atoms with Gasteiger partial charge < -0.3 is 9.51 Å². The van der Waals surface area contributed by atoms with Crippen LogP contribution in [0, 0.1) is 6.92 Å². The molecule has 0 aromatic carbocycles. The van der Waals surface area contributed by atoms with Gasteiger partial charge in [-0.3, -0.25) is 0 Å². The van der Waals surface area contributed by atoms with Crippen LogP contribution in [-0.4, -0.2) is 14.5 Å². The van der Waals surface area contributed by atoms with E-state index in [0.29, 0.717) is 0 Å². The second-order valence-corrected chi connectivity index (χ2v) is 4.02. The maximum atomic E-state index is 9.92. The molecule has 3 nitrogen and oxygen atoms in total. The molecule has 14 heavy (non-hydrogen) atoms. The molecule has 0 saturated heterocycles. The van der Waals surface area contributed by atoms with Crippen LogP contribution in [0.15, 0.2) is 24.4 Å². The van der Waals surface area contributed by atoms with E-state index >= 15 is 0 Å². The van der Waals surface area contributed by atoms with Crippen molar-refractivity contribution in [1.82, 2.24) is 9.38 Å². The van der Waals surface area contributed by atoms with E-state index in [4.69, 9.17) is 0 Å². The van der Waals surface area contributed by atoms with Gasteiger partial charge in [-0.05, 0) is 32.9 Å². The summed E-state index contributed by atoms with van der Waals surface area (Å²) < 4.78 is 1.98. The highest BCUT2D eigenvalue weighted by atomic mass is 16.3. The monoisotopic (exact) mass is 190 g/mol. The first-order chi connectivity index (χ1) is 6.50. The minimum absolute atomic E-state index is 0.732. The Kier molecular flexibility index (Phi) is 1.86. The first-order valence-corrected chi connectivity index (χ1v) is 4.66. The summed E-state index contributed by atoms with van der Waals surface area (Å²) in [7, 11) is 0.